The molecule has 0 heterocycles. The van der Waals surface area contributed by atoms with Gasteiger partial charge in [-0.1, -0.05) is 63.3 Å². The summed E-state index contributed by atoms with van der Waals surface area (Å²) in [5.41, 5.74) is 1.30. The first-order valence-corrected chi connectivity index (χ1v) is 10.9. The highest BCUT2D eigenvalue weighted by atomic mass is 35.5. The topological polar surface area (TPSA) is 12.0 Å². The van der Waals surface area contributed by atoms with Gasteiger partial charge in [-0.2, -0.15) is 0 Å². The van der Waals surface area contributed by atoms with Gasteiger partial charge in [-0.15, -0.1) is 0 Å². The van der Waals surface area contributed by atoms with Crippen LogP contribution in [0.2, 0.25) is 30.7 Å². The van der Waals surface area contributed by atoms with Crippen LogP contribution in [0, 0.1) is 0 Å². The number of halogens is 1. The Kier molecular flexibility index (Phi) is 5.89. The number of benzene rings is 1. The van der Waals surface area contributed by atoms with Gasteiger partial charge in [0.2, 0.25) is 0 Å². The lowest BCUT2D eigenvalue weighted by Gasteiger charge is -2.27. The molecule has 1 aromatic rings. The van der Waals surface area contributed by atoms with Crippen LogP contribution in [0.3, 0.4) is 0 Å². The van der Waals surface area contributed by atoms with Crippen LogP contribution in [0.25, 0.3) is 0 Å². The van der Waals surface area contributed by atoms with E-state index in [4.69, 9.17) is 11.6 Å². The van der Waals surface area contributed by atoms with Crippen molar-refractivity contribution in [2.24, 2.45) is 0 Å². The van der Waals surface area contributed by atoms with Gasteiger partial charge in [0.1, 0.15) is 0 Å². The standard InChI is InChI=1S/C15H26ClNSi/c1-12(2)17-10-13(11-18(3,4)5)14-8-6-7-9-15(14)16/h6-9,12-13,17H,10-11H2,1-5H3. The lowest BCUT2D eigenvalue weighted by Crippen LogP contribution is -2.32. The minimum Gasteiger partial charge on any atom is -0.314 e. The third-order valence-corrected chi connectivity index (χ3v) is 5.04. The Morgan fingerprint density at radius 3 is 2.28 bits per heavy atom. The first-order chi connectivity index (χ1) is 8.29. The molecule has 0 aliphatic rings. The fraction of sp³-hybridized carbons (Fsp3) is 0.600. The fourth-order valence-electron chi connectivity index (χ4n) is 2.22. The van der Waals surface area contributed by atoms with Crippen LogP contribution >= 0.6 is 11.6 Å². The Labute approximate surface area is 118 Å². The van der Waals surface area contributed by atoms with Gasteiger partial charge >= 0.3 is 0 Å². The first kappa shape index (κ1) is 15.7. The van der Waals surface area contributed by atoms with Crippen LogP contribution in [0.4, 0.5) is 0 Å². The van der Waals surface area contributed by atoms with Gasteiger partial charge < -0.3 is 5.32 Å². The summed E-state index contributed by atoms with van der Waals surface area (Å²) in [5.74, 6) is 0.535. The van der Waals surface area contributed by atoms with E-state index in [2.05, 4.69) is 50.9 Å². The molecule has 0 spiro atoms. The van der Waals surface area contributed by atoms with Crippen LogP contribution < -0.4 is 5.32 Å². The van der Waals surface area contributed by atoms with Gasteiger partial charge in [0.15, 0.2) is 0 Å². The minimum absolute atomic E-state index is 0.525. The third-order valence-electron chi connectivity index (χ3n) is 2.98. The second kappa shape index (κ2) is 6.74. The van der Waals surface area contributed by atoms with Gasteiger partial charge in [-0.3, -0.25) is 0 Å². The fourth-order valence-corrected chi connectivity index (χ4v) is 4.35. The van der Waals surface area contributed by atoms with E-state index in [9.17, 15) is 0 Å². The molecule has 1 N–H and O–H groups in total. The largest absolute Gasteiger partial charge is 0.314 e. The number of rotatable bonds is 6. The molecule has 1 atom stereocenters. The Balaban J connectivity index is 2.86. The maximum atomic E-state index is 6.35. The van der Waals surface area contributed by atoms with Crippen molar-refractivity contribution in [1.82, 2.24) is 5.32 Å². The van der Waals surface area contributed by atoms with Crippen molar-refractivity contribution in [3.05, 3.63) is 34.9 Å². The molecular formula is C15H26ClNSi. The number of hydrogen-bond donors (Lipinski definition) is 1. The van der Waals surface area contributed by atoms with E-state index in [1.54, 1.807) is 0 Å². The minimum atomic E-state index is -1.10. The Morgan fingerprint density at radius 1 is 1.17 bits per heavy atom. The molecule has 18 heavy (non-hydrogen) atoms. The Bertz CT molecular complexity index is 371. The van der Waals surface area contributed by atoms with Crippen molar-refractivity contribution in [2.45, 2.75) is 51.5 Å². The van der Waals surface area contributed by atoms with E-state index in [1.807, 2.05) is 12.1 Å². The van der Waals surface area contributed by atoms with E-state index < -0.39 is 8.07 Å². The molecule has 0 aliphatic carbocycles. The predicted molar refractivity (Wildman–Crippen MR) is 85.5 cm³/mol. The van der Waals surface area contributed by atoms with Crippen molar-refractivity contribution >= 4 is 19.7 Å². The zero-order valence-corrected chi connectivity index (χ0v) is 14.0. The summed E-state index contributed by atoms with van der Waals surface area (Å²) in [6.45, 7) is 12.7. The number of nitrogens with one attached hydrogen (secondary N) is 1. The molecule has 0 saturated carbocycles. The first-order valence-electron chi connectivity index (χ1n) is 6.77. The van der Waals surface area contributed by atoms with Crippen molar-refractivity contribution in [2.75, 3.05) is 6.54 Å². The van der Waals surface area contributed by atoms with E-state index in [0.717, 1.165) is 11.6 Å². The SMILES string of the molecule is CC(C)NCC(C[Si](C)(C)C)c1ccccc1Cl. The molecular weight excluding hydrogens is 258 g/mol. The van der Waals surface area contributed by atoms with Gasteiger partial charge in [0, 0.05) is 25.7 Å². The monoisotopic (exact) mass is 283 g/mol. The summed E-state index contributed by atoms with van der Waals surface area (Å²) < 4.78 is 0. The van der Waals surface area contributed by atoms with Crippen molar-refractivity contribution < 1.29 is 0 Å². The summed E-state index contributed by atoms with van der Waals surface area (Å²) >= 11 is 6.35. The second-order valence-corrected chi connectivity index (χ2v) is 12.5. The average molecular weight is 284 g/mol. The highest BCUT2D eigenvalue weighted by Crippen LogP contribution is 2.31. The second-order valence-electron chi connectivity index (χ2n) is 6.55. The summed E-state index contributed by atoms with van der Waals surface area (Å²) in [7, 11) is -1.10. The van der Waals surface area contributed by atoms with Crippen LogP contribution in [0.1, 0.15) is 25.3 Å². The molecule has 1 aromatic carbocycles. The van der Waals surface area contributed by atoms with E-state index >= 15 is 0 Å². The molecule has 0 fully saturated rings. The zero-order chi connectivity index (χ0) is 13.8. The molecule has 1 nitrogen and oxygen atoms in total. The van der Waals surface area contributed by atoms with Crippen molar-refractivity contribution in [3.63, 3.8) is 0 Å². The summed E-state index contributed by atoms with van der Waals surface area (Å²) in [6.07, 6.45) is 0. The summed E-state index contributed by atoms with van der Waals surface area (Å²) in [5, 5.41) is 4.47. The summed E-state index contributed by atoms with van der Waals surface area (Å²) in [4.78, 5) is 0. The van der Waals surface area contributed by atoms with E-state index in [-0.39, 0.29) is 0 Å². The van der Waals surface area contributed by atoms with Crippen LogP contribution in [0.15, 0.2) is 24.3 Å². The highest BCUT2D eigenvalue weighted by molar-refractivity contribution is 6.76. The highest BCUT2D eigenvalue weighted by Gasteiger charge is 2.23. The lowest BCUT2D eigenvalue weighted by molar-refractivity contribution is 0.545. The molecule has 0 aromatic heterocycles. The van der Waals surface area contributed by atoms with Crippen molar-refractivity contribution in [1.29, 1.82) is 0 Å². The maximum Gasteiger partial charge on any atom is 0.0449 e. The van der Waals surface area contributed by atoms with Crippen LogP contribution in [-0.4, -0.2) is 20.7 Å². The molecule has 102 valence electrons. The van der Waals surface area contributed by atoms with Gasteiger partial charge in [-0.25, -0.2) is 0 Å². The number of hydrogen-bond acceptors (Lipinski definition) is 1. The Morgan fingerprint density at radius 2 is 1.78 bits per heavy atom. The molecule has 0 saturated heterocycles. The zero-order valence-electron chi connectivity index (χ0n) is 12.3. The normalized spacial score (nSPS) is 13.9. The third kappa shape index (κ3) is 5.55. The molecule has 3 heteroatoms. The molecule has 0 amide bonds. The summed E-state index contributed by atoms with van der Waals surface area (Å²) in [6, 6.07) is 10.1. The van der Waals surface area contributed by atoms with Crippen LogP contribution in [-0.2, 0) is 0 Å². The molecule has 0 radical (unpaired) electrons. The maximum absolute atomic E-state index is 6.35. The van der Waals surface area contributed by atoms with E-state index in [0.29, 0.717) is 12.0 Å². The molecule has 1 rings (SSSR count). The van der Waals surface area contributed by atoms with Gasteiger partial charge in [0.25, 0.3) is 0 Å². The molecule has 1 unspecified atom stereocenters. The van der Waals surface area contributed by atoms with Crippen molar-refractivity contribution in [3.8, 4) is 0 Å². The lowest BCUT2D eigenvalue weighted by atomic mass is 10.0. The average Bonchev–Trinajstić information content (AvgIpc) is 2.23. The van der Waals surface area contributed by atoms with Gasteiger partial charge in [-0.05, 0) is 23.6 Å². The molecule has 0 aliphatic heterocycles. The predicted octanol–water partition coefficient (Wildman–Crippen LogP) is 4.76. The van der Waals surface area contributed by atoms with Gasteiger partial charge in [0.05, 0.1) is 0 Å². The smallest absolute Gasteiger partial charge is 0.0449 e. The van der Waals surface area contributed by atoms with Crippen LogP contribution in [0.5, 0.6) is 0 Å². The van der Waals surface area contributed by atoms with E-state index in [1.165, 1.54) is 11.6 Å². The quantitative estimate of drug-likeness (QED) is 0.742. The molecule has 0 bridgehead atoms. The Hall–Kier alpha value is -0.313.